The first kappa shape index (κ1) is 25.6. The maximum Gasteiger partial charge on any atom is 0.338 e. The van der Waals surface area contributed by atoms with Crippen LogP contribution in [-0.2, 0) is 28.5 Å². The van der Waals surface area contributed by atoms with Gasteiger partial charge in [-0.2, -0.15) is 0 Å². The van der Waals surface area contributed by atoms with Gasteiger partial charge in [0, 0.05) is 6.92 Å². The predicted octanol–water partition coefficient (Wildman–Crippen LogP) is 3.58. The summed E-state index contributed by atoms with van der Waals surface area (Å²) in [7, 11) is 0. The maximum atomic E-state index is 12.9. The fourth-order valence-electron chi connectivity index (χ4n) is 3.70. The molecule has 0 spiro atoms. The molecule has 0 N–H and O–H groups in total. The molecule has 4 rings (SSSR count). The molecule has 3 aromatic rings. The fraction of sp³-hybridized carbons (Fsp3) is 0.214. The lowest BCUT2D eigenvalue weighted by atomic mass is 10.2. The van der Waals surface area contributed by atoms with E-state index in [9.17, 15) is 19.2 Å². The third-order valence-electron chi connectivity index (χ3n) is 5.44. The monoisotopic (exact) mass is 505 g/mol. The number of carbonyl (C=O) groups excluding carboxylic acids is 4. The highest BCUT2D eigenvalue weighted by Gasteiger charge is 2.52. The highest BCUT2D eigenvalue weighted by Crippen LogP contribution is 2.30. The molecule has 190 valence electrons. The van der Waals surface area contributed by atoms with Crippen LogP contribution in [0, 0.1) is 0 Å². The number of benzene rings is 3. The summed E-state index contributed by atoms with van der Waals surface area (Å²) >= 11 is 0. The number of hydrogen-bond donors (Lipinski definition) is 0. The summed E-state index contributed by atoms with van der Waals surface area (Å²) < 4.78 is 27.7. The quantitative estimate of drug-likeness (QED) is 0.257. The highest BCUT2D eigenvalue weighted by molar-refractivity contribution is 5.91. The van der Waals surface area contributed by atoms with Crippen LogP contribution in [0.4, 0.5) is 0 Å². The Hall–Kier alpha value is -4.50. The minimum atomic E-state index is -1.40. The minimum Gasteiger partial charge on any atom is -0.459 e. The van der Waals surface area contributed by atoms with E-state index < -0.39 is 48.5 Å². The molecule has 0 amide bonds. The average Bonchev–Trinajstić information content (AvgIpc) is 3.23. The normalized spacial score (nSPS) is 20.5. The smallest absolute Gasteiger partial charge is 0.338 e. The van der Waals surface area contributed by atoms with Gasteiger partial charge in [-0.05, 0) is 36.4 Å². The topological polar surface area (TPSA) is 114 Å². The Balaban J connectivity index is 1.58. The summed E-state index contributed by atoms with van der Waals surface area (Å²) in [5.41, 5.74) is 0.782. The van der Waals surface area contributed by atoms with E-state index in [4.69, 9.17) is 23.7 Å². The van der Waals surface area contributed by atoms with E-state index in [1.165, 1.54) is 0 Å². The van der Waals surface area contributed by atoms with Crippen LogP contribution in [0.3, 0.4) is 0 Å². The van der Waals surface area contributed by atoms with Crippen LogP contribution in [0.1, 0.15) is 38.0 Å². The number of rotatable bonds is 8. The molecule has 0 radical (unpaired) electrons. The molecule has 4 atom stereocenters. The fourth-order valence-corrected chi connectivity index (χ4v) is 3.70. The molecule has 1 heterocycles. The number of esters is 4. The average molecular weight is 505 g/mol. The third kappa shape index (κ3) is 6.59. The molecule has 1 aliphatic heterocycles. The van der Waals surface area contributed by atoms with Crippen molar-refractivity contribution >= 4 is 23.9 Å². The van der Waals surface area contributed by atoms with E-state index in [1.54, 1.807) is 91.0 Å². The molecular weight excluding hydrogens is 481 g/mol. The van der Waals surface area contributed by atoms with E-state index in [-0.39, 0.29) is 17.7 Å². The number of ether oxygens (including phenoxy) is 5. The molecular formula is C28H24O9. The molecule has 0 saturated carbocycles. The van der Waals surface area contributed by atoms with Crippen molar-refractivity contribution in [3.8, 4) is 0 Å². The molecule has 0 unspecified atom stereocenters. The van der Waals surface area contributed by atoms with Crippen LogP contribution >= 0.6 is 0 Å². The Morgan fingerprint density at radius 1 is 0.622 bits per heavy atom. The van der Waals surface area contributed by atoms with Crippen LogP contribution < -0.4 is 0 Å². The molecule has 9 nitrogen and oxygen atoms in total. The van der Waals surface area contributed by atoms with E-state index in [2.05, 4.69) is 0 Å². The van der Waals surface area contributed by atoms with Gasteiger partial charge < -0.3 is 23.7 Å². The van der Waals surface area contributed by atoms with Crippen LogP contribution in [-0.4, -0.2) is 55.1 Å². The molecule has 0 aromatic heterocycles. The molecule has 37 heavy (non-hydrogen) atoms. The lowest BCUT2D eigenvalue weighted by molar-refractivity contribution is -0.187. The first-order valence-electron chi connectivity index (χ1n) is 11.5. The van der Waals surface area contributed by atoms with E-state index in [1.807, 2.05) is 0 Å². The first-order chi connectivity index (χ1) is 17.9. The van der Waals surface area contributed by atoms with Gasteiger partial charge in [0.1, 0.15) is 12.7 Å². The molecule has 9 heteroatoms. The zero-order valence-corrected chi connectivity index (χ0v) is 19.9. The molecule has 0 bridgehead atoms. The number of carbonyl (C=O) groups is 4. The standard InChI is InChI=1S/C28H24O9/c1-18(29)34-28-24(37-27(32)21-15-9-4-10-16-21)23(36-26(31)20-13-7-3-8-14-20)22(35-28)17-33-25(30)19-11-5-2-6-12-19/h2-16,22-24,28H,17H2,1H3/t22-,23-,24-,28-/m1/s1/i22+1. The molecule has 1 saturated heterocycles. The Bertz CT molecular complexity index is 1230. The molecule has 3 aromatic carbocycles. The predicted molar refractivity (Wildman–Crippen MR) is 128 cm³/mol. The SMILES string of the molecule is CC(=O)O[C@@H]1O[13C@H](COC(=O)c2ccccc2)[C@@H](OC(=O)c2ccccc2)[C@H]1OC(=O)c1ccccc1. The van der Waals surface area contributed by atoms with Crippen molar-refractivity contribution in [3.63, 3.8) is 0 Å². The summed E-state index contributed by atoms with van der Waals surface area (Å²) in [5.74, 6) is -2.81. The maximum absolute atomic E-state index is 12.9. The van der Waals surface area contributed by atoms with Gasteiger partial charge in [0.05, 0.1) is 16.7 Å². The Morgan fingerprint density at radius 2 is 1.05 bits per heavy atom. The first-order valence-corrected chi connectivity index (χ1v) is 11.5. The Kier molecular flexibility index (Phi) is 8.27. The molecule has 1 aliphatic rings. The van der Waals surface area contributed by atoms with Crippen molar-refractivity contribution in [1.82, 2.24) is 0 Å². The van der Waals surface area contributed by atoms with Crippen molar-refractivity contribution in [3.05, 3.63) is 108 Å². The third-order valence-corrected chi connectivity index (χ3v) is 5.44. The van der Waals surface area contributed by atoms with Crippen molar-refractivity contribution in [2.45, 2.75) is 31.5 Å². The Labute approximate surface area is 212 Å². The van der Waals surface area contributed by atoms with Gasteiger partial charge >= 0.3 is 23.9 Å². The van der Waals surface area contributed by atoms with Crippen LogP contribution in [0.15, 0.2) is 91.0 Å². The van der Waals surface area contributed by atoms with Crippen LogP contribution in [0.2, 0.25) is 0 Å². The summed E-state index contributed by atoms with van der Waals surface area (Å²) in [6, 6.07) is 24.6. The van der Waals surface area contributed by atoms with Crippen molar-refractivity contribution < 1.29 is 42.9 Å². The van der Waals surface area contributed by atoms with E-state index in [0.717, 1.165) is 6.92 Å². The molecule has 1 fully saturated rings. The van der Waals surface area contributed by atoms with Crippen molar-refractivity contribution in [1.29, 1.82) is 0 Å². The van der Waals surface area contributed by atoms with E-state index in [0.29, 0.717) is 5.56 Å². The second-order valence-electron chi connectivity index (χ2n) is 8.09. The summed E-state index contributed by atoms with van der Waals surface area (Å²) in [6.45, 7) is 0.796. The van der Waals surface area contributed by atoms with Gasteiger partial charge in [-0.3, -0.25) is 4.79 Å². The lowest BCUT2D eigenvalue weighted by Crippen LogP contribution is -2.42. The van der Waals surface area contributed by atoms with Gasteiger partial charge in [-0.15, -0.1) is 0 Å². The summed E-state index contributed by atoms with van der Waals surface area (Å²) in [5, 5.41) is 0. The zero-order valence-electron chi connectivity index (χ0n) is 19.9. The molecule has 0 aliphatic carbocycles. The minimum absolute atomic E-state index is 0.233. The van der Waals surface area contributed by atoms with Crippen molar-refractivity contribution in [2.75, 3.05) is 6.61 Å². The largest absolute Gasteiger partial charge is 0.459 e. The highest BCUT2D eigenvalue weighted by atomic mass is 16.8. The van der Waals surface area contributed by atoms with E-state index >= 15 is 0 Å². The van der Waals surface area contributed by atoms with Gasteiger partial charge in [0.15, 0.2) is 6.10 Å². The summed E-state index contributed by atoms with van der Waals surface area (Å²) in [6.07, 6.45) is -5.09. The van der Waals surface area contributed by atoms with Crippen LogP contribution in [0.5, 0.6) is 0 Å². The Morgan fingerprint density at radius 3 is 1.51 bits per heavy atom. The zero-order chi connectivity index (χ0) is 26.2. The summed E-state index contributed by atoms with van der Waals surface area (Å²) in [4.78, 5) is 50.0. The van der Waals surface area contributed by atoms with Crippen LogP contribution in [0.25, 0.3) is 0 Å². The second kappa shape index (κ2) is 12.0. The lowest BCUT2D eigenvalue weighted by Gasteiger charge is -2.24. The van der Waals surface area contributed by atoms with Gasteiger partial charge in [0.2, 0.25) is 12.4 Å². The number of hydrogen-bond acceptors (Lipinski definition) is 9. The van der Waals surface area contributed by atoms with Gasteiger partial charge in [-0.25, -0.2) is 14.4 Å². The van der Waals surface area contributed by atoms with Crippen molar-refractivity contribution in [2.24, 2.45) is 0 Å². The van der Waals surface area contributed by atoms with Gasteiger partial charge in [0.25, 0.3) is 0 Å². The van der Waals surface area contributed by atoms with Gasteiger partial charge in [-0.1, -0.05) is 54.6 Å². The second-order valence-corrected chi connectivity index (χ2v) is 8.09.